The molecule has 1 fully saturated rings. The van der Waals surface area contributed by atoms with Gasteiger partial charge in [-0.2, -0.15) is 4.31 Å². The number of hydrogen-bond acceptors (Lipinski definition) is 4. The van der Waals surface area contributed by atoms with Crippen molar-refractivity contribution in [1.29, 1.82) is 0 Å². The summed E-state index contributed by atoms with van der Waals surface area (Å²) in [6.45, 7) is 5.41. The minimum Gasteiger partial charge on any atom is -0.375 e. The van der Waals surface area contributed by atoms with Crippen LogP contribution in [0.3, 0.4) is 0 Å². The number of piperidine rings is 1. The van der Waals surface area contributed by atoms with Gasteiger partial charge in [0.2, 0.25) is 10.0 Å². The highest BCUT2D eigenvalue weighted by atomic mass is 32.2. The van der Waals surface area contributed by atoms with E-state index < -0.39 is 16.1 Å². The van der Waals surface area contributed by atoms with Gasteiger partial charge in [0.1, 0.15) is 0 Å². The van der Waals surface area contributed by atoms with Crippen LogP contribution in [-0.2, 0) is 32.7 Å². The minimum atomic E-state index is -3.78. The molecule has 1 saturated heterocycles. The first-order valence-electron chi connectivity index (χ1n) is 17.4. The van der Waals surface area contributed by atoms with Gasteiger partial charge in [0, 0.05) is 6.04 Å². The molecule has 0 N–H and O–H groups in total. The Hall–Kier alpha value is -2.51. The fourth-order valence-corrected chi connectivity index (χ4v) is 8.36. The number of hydrogen-bond donors (Lipinski definition) is 0. The molecular weight excluding hydrogens is 578 g/mol. The van der Waals surface area contributed by atoms with Gasteiger partial charge in [-0.15, -0.1) is 0 Å². The number of rotatable bonds is 20. The third-order valence-corrected chi connectivity index (χ3v) is 11.1. The average Bonchev–Trinajstić information content (AvgIpc) is 3.06. The van der Waals surface area contributed by atoms with Crippen molar-refractivity contribution in [3.8, 4) is 0 Å². The molecule has 5 nitrogen and oxygen atoms in total. The normalized spacial score (nSPS) is 19.1. The topological polar surface area (TPSA) is 55.8 Å². The molecule has 246 valence electrons. The van der Waals surface area contributed by atoms with Crippen molar-refractivity contribution in [2.24, 2.45) is 0 Å². The van der Waals surface area contributed by atoms with Gasteiger partial charge >= 0.3 is 0 Å². The van der Waals surface area contributed by atoms with Gasteiger partial charge in [0.15, 0.2) is 0 Å². The van der Waals surface area contributed by atoms with Crippen LogP contribution in [0.15, 0.2) is 89.8 Å². The molecule has 4 rings (SSSR count). The number of nitrogens with zero attached hydrogens (tertiary/aromatic N) is 1. The van der Waals surface area contributed by atoms with Crippen LogP contribution in [0, 0.1) is 6.92 Å². The van der Waals surface area contributed by atoms with Crippen molar-refractivity contribution in [2.45, 2.75) is 134 Å². The molecule has 1 heterocycles. The largest absolute Gasteiger partial charge is 0.375 e. The maximum absolute atomic E-state index is 14.5. The van der Waals surface area contributed by atoms with Crippen LogP contribution in [0.1, 0.15) is 107 Å². The maximum Gasteiger partial charge on any atom is 0.243 e. The Bertz CT molecular complexity index is 1310. The first kappa shape index (κ1) is 35.3. The monoisotopic (exact) mass is 633 g/mol. The molecule has 0 radical (unpaired) electrons. The van der Waals surface area contributed by atoms with E-state index in [0.717, 1.165) is 48.8 Å². The van der Waals surface area contributed by atoms with Crippen LogP contribution >= 0.6 is 0 Å². The Kier molecular flexibility index (Phi) is 15.1. The average molecular weight is 634 g/mol. The molecule has 0 spiro atoms. The second-order valence-electron chi connectivity index (χ2n) is 12.8. The summed E-state index contributed by atoms with van der Waals surface area (Å²) < 4.78 is 43.5. The summed E-state index contributed by atoms with van der Waals surface area (Å²) in [4.78, 5) is 0.345. The Labute approximate surface area is 273 Å². The molecule has 3 atom stereocenters. The highest BCUT2D eigenvalue weighted by molar-refractivity contribution is 7.89. The number of unbranched alkanes of at least 4 members (excludes halogenated alkanes) is 9. The molecule has 1 aliphatic rings. The van der Waals surface area contributed by atoms with Gasteiger partial charge in [0.25, 0.3) is 0 Å². The summed E-state index contributed by atoms with van der Waals surface area (Å²) in [5.74, 6) is 0. The summed E-state index contributed by atoms with van der Waals surface area (Å²) in [7, 11) is -3.78. The molecule has 3 aromatic rings. The van der Waals surface area contributed by atoms with Crippen LogP contribution in [-0.4, -0.2) is 37.5 Å². The molecule has 0 amide bonds. The predicted octanol–water partition coefficient (Wildman–Crippen LogP) is 9.63. The second kappa shape index (κ2) is 19.2. The van der Waals surface area contributed by atoms with Gasteiger partial charge in [-0.1, -0.05) is 149 Å². The fourth-order valence-electron chi connectivity index (χ4n) is 6.48. The number of sulfonamides is 1. The molecule has 0 bridgehead atoms. The van der Waals surface area contributed by atoms with Gasteiger partial charge in [-0.05, 0) is 49.4 Å². The molecule has 1 aliphatic heterocycles. The van der Waals surface area contributed by atoms with Crippen LogP contribution in [0.2, 0.25) is 0 Å². The number of benzene rings is 3. The van der Waals surface area contributed by atoms with Crippen molar-refractivity contribution in [3.63, 3.8) is 0 Å². The van der Waals surface area contributed by atoms with Crippen molar-refractivity contribution >= 4 is 10.0 Å². The SMILES string of the molecule is CCCCCCCCCCCC[C@H]1CC[C@H](OCc2ccccc2)[C@@H](COCc2ccccc2)N1S(=O)(=O)c1ccc(C)cc1. The van der Waals surface area contributed by atoms with Crippen molar-refractivity contribution in [3.05, 3.63) is 102 Å². The van der Waals surface area contributed by atoms with Crippen LogP contribution in [0.5, 0.6) is 0 Å². The van der Waals surface area contributed by atoms with E-state index in [2.05, 4.69) is 19.1 Å². The predicted molar refractivity (Wildman–Crippen MR) is 185 cm³/mol. The van der Waals surface area contributed by atoms with Gasteiger partial charge in [-0.3, -0.25) is 0 Å². The summed E-state index contributed by atoms with van der Waals surface area (Å²) in [6, 6.07) is 27.0. The molecule has 0 unspecified atom stereocenters. The maximum atomic E-state index is 14.5. The zero-order valence-corrected chi connectivity index (χ0v) is 28.4. The first-order chi connectivity index (χ1) is 22.0. The third-order valence-electron chi connectivity index (χ3n) is 9.09. The second-order valence-corrected chi connectivity index (χ2v) is 14.6. The van der Waals surface area contributed by atoms with E-state index in [-0.39, 0.29) is 18.8 Å². The Morgan fingerprint density at radius 2 is 1.24 bits per heavy atom. The summed E-state index contributed by atoms with van der Waals surface area (Å²) in [5.41, 5.74) is 3.20. The molecular formula is C39H55NO4S. The van der Waals surface area contributed by atoms with E-state index >= 15 is 0 Å². The molecule has 6 heteroatoms. The zero-order chi connectivity index (χ0) is 31.7. The fraction of sp³-hybridized carbons (Fsp3) is 0.538. The lowest BCUT2D eigenvalue weighted by Crippen LogP contribution is -2.58. The standard InChI is InChI=1S/C39H55NO4S/c1-3-4-5-6-7-8-9-10-11-18-23-36-26-29-39(44-31-35-21-16-13-17-22-35)38(32-43-30-34-19-14-12-15-20-34)40(36)45(41,42)37-27-24-33(2)25-28-37/h12-17,19-22,24-25,27-28,36,38-39H,3-11,18,23,26,29-32H2,1-2H3/t36-,38+,39-/m0/s1. The van der Waals surface area contributed by atoms with Crippen LogP contribution < -0.4 is 0 Å². The van der Waals surface area contributed by atoms with E-state index in [4.69, 9.17) is 9.47 Å². The van der Waals surface area contributed by atoms with Gasteiger partial charge in [0.05, 0.1) is 36.9 Å². The Morgan fingerprint density at radius 3 is 1.84 bits per heavy atom. The summed E-state index contributed by atoms with van der Waals surface area (Å²) >= 11 is 0. The van der Waals surface area contributed by atoms with Gasteiger partial charge < -0.3 is 9.47 Å². The quantitative estimate of drug-likeness (QED) is 0.116. The lowest BCUT2D eigenvalue weighted by molar-refractivity contribution is -0.0713. The molecule has 45 heavy (non-hydrogen) atoms. The first-order valence-corrected chi connectivity index (χ1v) is 18.8. The molecule has 0 aromatic heterocycles. The molecule has 3 aromatic carbocycles. The van der Waals surface area contributed by atoms with Crippen LogP contribution in [0.25, 0.3) is 0 Å². The minimum absolute atomic E-state index is 0.0766. The number of aryl methyl sites for hydroxylation is 1. The van der Waals surface area contributed by atoms with E-state index in [9.17, 15) is 8.42 Å². The van der Waals surface area contributed by atoms with E-state index in [1.807, 2.05) is 67.6 Å². The lowest BCUT2D eigenvalue weighted by Gasteiger charge is -2.45. The van der Waals surface area contributed by atoms with Crippen molar-refractivity contribution < 1.29 is 17.9 Å². The zero-order valence-electron chi connectivity index (χ0n) is 27.6. The Balaban J connectivity index is 1.48. The third kappa shape index (κ3) is 11.4. The smallest absolute Gasteiger partial charge is 0.243 e. The van der Waals surface area contributed by atoms with E-state index in [1.54, 1.807) is 16.4 Å². The summed E-state index contributed by atoms with van der Waals surface area (Å²) in [5, 5.41) is 0. The Morgan fingerprint density at radius 1 is 0.689 bits per heavy atom. The van der Waals surface area contributed by atoms with E-state index in [1.165, 1.54) is 51.4 Å². The van der Waals surface area contributed by atoms with Gasteiger partial charge in [-0.25, -0.2) is 8.42 Å². The van der Waals surface area contributed by atoms with Crippen LogP contribution in [0.4, 0.5) is 0 Å². The lowest BCUT2D eigenvalue weighted by atomic mass is 9.92. The molecule has 0 saturated carbocycles. The highest BCUT2D eigenvalue weighted by Crippen LogP contribution is 2.35. The van der Waals surface area contributed by atoms with Crippen molar-refractivity contribution in [2.75, 3.05) is 6.61 Å². The van der Waals surface area contributed by atoms with E-state index in [0.29, 0.717) is 18.1 Å². The van der Waals surface area contributed by atoms with Crippen molar-refractivity contribution in [1.82, 2.24) is 4.31 Å². The summed E-state index contributed by atoms with van der Waals surface area (Å²) in [6.07, 6.45) is 14.9. The molecule has 0 aliphatic carbocycles. The highest BCUT2D eigenvalue weighted by Gasteiger charge is 2.45. The number of ether oxygens (including phenoxy) is 2.